The average molecular weight is 392 g/mol. The molecule has 0 bridgehead atoms. The quantitative estimate of drug-likeness (QED) is 0.610. The number of carbonyl (C=O) groups is 2. The first-order valence-corrected chi connectivity index (χ1v) is 8.81. The molecular weight excluding hydrogens is 370 g/mol. The fourth-order valence-electron chi connectivity index (χ4n) is 2.75. The molecule has 0 unspecified atom stereocenters. The lowest BCUT2D eigenvalue weighted by molar-refractivity contribution is -0.147. The highest BCUT2D eigenvalue weighted by molar-refractivity contribution is 6.30. The van der Waals surface area contributed by atoms with E-state index in [9.17, 15) is 14.7 Å². The van der Waals surface area contributed by atoms with Crippen molar-refractivity contribution < 1.29 is 24.5 Å². The number of amides is 1. The Kier molecular flexibility index (Phi) is 7.79. The van der Waals surface area contributed by atoms with Crippen LogP contribution < -0.4 is 5.32 Å². The third-order valence-corrected chi connectivity index (χ3v) is 4.26. The highest BCUT2D eigenvalue weighted by Crippen LogP contribution is 2.23. The number of methoxy groups -OCH3 is 1. The number of ether oxygens (including phenoxy) is 1. The topological polar surface area (TPSA) is 95.9 Å². The molecule has 27 heavy (non-hydrogen) atoms. The second-order valence-electron chi connectivity index (χ2n) is 6.20. The first-order valence-electron chi connectivity index (χ1n) is 8.43. The summed E-state index contributed by atoms with van der Waals surface area (Å²) in [4.78, 5) is 22.7. The summed E-state index contributed by atoms with van der Waals surface area (Å²) in [6.07, 6.45) is -1.26. The van der Waals surface area contributed by atoms with Gasteiger partial charge in [0.15, 0.2) is 6.10 Å². The number of hydrogen-bond donors (Lipinski definition) is 3. The van der Waals surface area contributed by atoms with E-state index < -0.39 is 18.1 Å². The molecule has 0 aliphatic heterocycles. The number of nitrogens with one attached hydrogen (secondary N) is 1. The molecule has 2 aromatic carbocycles. The Morgan fingerprint density at radius 1 is 1.15 bits per heavy atom. The highest BCUT2D eigenvalue weighted by atomic mass is 35.5. The van der Waals surface area contributed by atoms with Crippen molar-refractivity contribution >= 4 is 23.5 Å². The zero-order valence-electron chi connectivity index (χ0n) is 14.9. The maximum Gasteiger partial charge on any atom is 0.332 e. The number of aliphatic carboxylic acids is 1. The standard InChI is InChI=1S/C20H22ClNO5/c1-27-12-19(24)22-17(11-18(23)20(25)26)9-13-5-7-14(8-6-13)15-3-2-4-16(21)10-15/h2-8,10,17-18,23H,9,11-12H2,1H3,(H,22,24)(H,25,26)/t17-,18-/m1/s1. The van der Waals surface area contributed by atoms with Gasteiger partial charge in [0.05, 0.1) is 0 Å². The summed E-state index contributed by atoms with van der Waals surface area (Å²) < 4.78 is 4.78. The lowest BCUT2D eigenvalue weighted by Gasteiger charge is -2.20. The lowest BCUT2D eigenvalue weighted by atomic mass is 9.98. The van der Waals surface area contributed by atoms with Crippen LogP contribution in [0.4, 0.5) is 0 Å². The molecular formula is C20H22ClNO5. The molecule has 0 aliphatic carbocycles. The third kappa shape index (κ3) is 6.67. The Morgan fingerprint density at radius 3 is 2.44 bits per heavy atom. The van der Waals surface area contributed by atoms with Gasteiger partial charge in [-0.05, 0) is 35.2 Å². The molecule has 144 valence electrons. The summed E-state index contributed by atoms with van der Waals surface area (Å²) in [5, 5.41) is 21.9. The van der Waals surface area contributed by atoms with E-state index >= 15 is 0 Å². The number of carbonyl (C=O) groups excluding carboxylic acids is 1. The molecule has 0 fully saturated rings. The van der Waals surface area contributed by atoms with E-state index in [1.807, 2.05) is 42.5 Å². The van der Waals surface area contributed by atoms with Gasteiger partial charge in [-0.3, -0.25) is 4.79 Å². The predicted molar refractivity (Wildman–Crippen MR) is 103 cm³/mol. The van der Waals surface area contributed by atoms with Crippen molar-refractivity contribution in [3.05, 3.63) is 59.1 Å². The molecule has 0 aromatic heterocycles. The maximum absolute atomic E-state index is 11.8. The Labute approximate surface area is 162 Å². The normalized spacial score (nSPS) is 13.0. The van der Waals surface area contributed by atoms with Crippen LogP contribution in [0.1, 0.15) is 12.0 Å². The van der Waals surface area contributed by atoms with Crippen LogP contribution in [0.5, 0.6) is 0 Å². The van der Waals surface area contributed by atoms with Gasteiger partial charge in [0.25, 0.3) is 0 Å². The Bertz CT molecular complexity index is 778. The number of aliphatic hydroxyl groups excluding tert-OH is 1. The van der Waals surface area contributed by atoms with Gasteiger partial charge in [-0.25, -0.2) is 4.79 Å². The molecule has 2 aromatic rings. The number of aliphatic hydroxyl groups is 1. The van der Waals surface area contributed by atoms with E-state index in [-0.39, 0.29) is 18.9 Å². The summed E-state index contributed by atoms with van der Waals surface area (Å²) >= 11 is 6.02. The molecule has 7 heteroatoms. The maximum atomic E-state index is 11.8. The predicted octanol–water partition coefficient (Wildman–Crippen LogP) is 2.52. The Hall–Kier alpha value is -2.41. The molecule has 3 N–H and O–H groups in total. The number of halogens is 1. The number of carboxylic acids is 1. The fourth-order valence-corrected chi connectivity index (χ4v) is 2.94. The van der Waals surface area contributed by atoms with E-state index in [1.54, 1.807) is 6.07 Å². The minimum atomic E-state index is -1.55. The van der Waals surface area contributed by atoms with Crippen molar-refractivity contribution in [3.8, 4) is 11.1 Å². The second kappa shape index (κ2) is 10.1. The summed E-state index contributed by atoms with van der Waals surface area (Å²) in [5.74, 6) is -1.69. The number of carboxylic acid groups (broad SMARTS) is 1. The summed E-state index contributed by atoms with van der Waals surface area (Å²) in [5.41, 5.74) is 2.88. The van der Waals surface area contributed by atoms with Gasteiger partial charge in [0.2, 0.25) is 5.91 Å². The van der Waals surface area contributed by atoms with Gasteiger partial charge in [-0.1, -0.05) is 48.0 Å². The highest BCUT2D eigenvalue weighted by Gasteiger charge is 2.22. The zero-order valence-corrected chi connectivity index (χ0v) is 15.6. The minimum absolute atomic E-state index is 0.0964. The molecule has 0 saturated carbocycles. The van der Waals surface area contributed by atoms with Gasteiger partial charge in [0.1, 0.15) is 6.61 Å². The Balaban J connectivity index is 2.10. The van der Waals surface area contributed by atoms with E-state index in [0.29, 0.717) is 11.4 Å². The van der Waals surface area contributed by atoms with Crippen LogP contribution in [0.15, 0.2) is 48.5 Å². The molecule has 2 rings (SSSR count). The second-order valence-corrected chi connectivity index (χ2v) is 6.64. The monoisotopic (exact) mass is 391 g/mol. The average Bonchev–Trinajstić information content (AvgIpc) is 2.62. The van der Waals surface area contributed by atoms with E-state index in [1.165, 1.54) is 7.11 Å². The number of hydrogen-bond acceptors (Lipinski definition) is 4. The number of benzene rings is 2. The van der Waals surface area contributed by atoms with Crippen LogP contribution in [0, 0.1) is 0 Å². The third-order valence-electron chi connectivity index (χ3n) is 4.03. The molecule has 0 radical (unpaired) electrons. The Morgan fingerprint density at radius 2 is 1.85 bits per heavy atom. The minimum Gasteiger partial charge on any atom is -0.479 e. The van der Waals surface area contributed by atoms with Gasteiger partial charge in [-0.2, -0.15) is 0 Å². The van der Waals surface area contributed by atoms with Crippen molar-refractivity contribution in [2.75, 3.05) is 13.7 Å². The van der Waals surface area contributed by atoms with E-state index in [2.05, 4.69) is 5.32 Å². The van der Waals surface area contributed by atoms with E-state index in [4.69, 9.17) is 21.4 Å². The summed E-state index contributed by atoms with van der Waals surface area (Å²) in [6, 6.07) is 14.6. The summed E-state index contributed by atoms with van der Waals surface area (Å²) in [7, 11) is 1.40. The van der Waals surface area contributed by atoms with Crippen molar-refractivity contribution in [1.82, 2.24) is 5.32 Å². The molecule has 0 spiro atoms. The molecule has 2 atom stereocenters. The van der Waals surface area contributed by atoms with Crippen molar-refractivity contribution in [3.63, 3.8) is 0 Å². The van der Waals surface area contributed by atoms with Crippen LogP contribution in [-0.2, 0) is 20.7 Å². The van der Waals surface area contributed by atoms with E-state index in [0.717, 1.165) is 16.7 Å². The van der Waals surface area contributed by atoms with Crippen LogP contribution in [0.25, 0.3) is 11.1 Å². The fraction of sp³-hybridized carbons (Fsp3) is 0.300. The molecule has 0 heterocycles. The van der Waals surface area contributed by atoms with Crippen molar-refractivity contribution in [1.29, 1.82) is 0 Å². The number of rotatable bonds is 9. The lowest BCUT2D eigenvalue weighted by Crippen LogP contribution is -2.42. The van der Waals surface area contributed by atoms with Gasteiger partial charge in [-0.15, -0.1) is 0 Å². The van der Waals surface area contributed by atoms with Gasteiger partial charge in [0, 0.05) is 24.6 Å². The zero-order chi connectivity index (χ0) is 19.8. The van der Waals surface area contributed by atoms with Crippen LogP contribution in [0.2, 0.25) is 5.02 Å². The summed E-state index contributed by atoms with van der Waals surface area (Å²) in [6.45, 7) is -0.132. The largest absolute Gasteiger partial charge is 0.479 e. The van der Waals surface area contributed by atoms with Gasteiger partial charge < -0.3 is 20.3 Å². The first-order chi connectivity index (χ1) is 12.9. The first kappa shape index (κ1) is 20.9. The van der Waals surface area contributed by atoms with Crippen LogP contribution >= 0.6 is 11.6 Å². The van der Waals surface area contributed by atoms with Crippen molar-refractivity contribution in [2.45, 2.75) is 25.0 Å². The molecule has 0 saturated heterocycles. The van der Waals surface area contributed by atoms with Gasteiger partial charge >= 0.3 is 5.97 Å². The van der Waals surface area contributed by atoms with Crippen LogP contribution in [0.3, 0.4) is 0 Å². The molecule has 0 aliphatic rings. The molecule has 1 amide bonds. The smallest absolute Gasteiger partial charge is 0.332 e. The SMILES string of the molecule is COCC(=O)N[C@H](Cc1ccc(-c2cccc(Cl)c2)cc1)C[C@@H](O)C(=O)O. The molecule has 6 nitrogen and oxygen atoms in total. The van der Waals surface area contributed by atoms with Crippen LogP contribution in [-0.4, -0.2) is 48.0 Å². The van der Waals surface area contributed by atoms with Crippen molar-refractivity contribution in [2.24, 2.45) is 0 Å².